The molecule has 0 rings (SSSR count). The molecule has 0 aromatic carbocycles. The van der Waals surface area contributed by atoms with Crippen molar-refractivity contribution in [3.05, 3.63) is 0 Å². The highest BCUT2D eigenvalue weighted by Gasteiger charge is 2.24. The molecule has 0 radical (unpaired) electrons. The Morgan fingerprint density at radius 3 is 2.29 bits per heavy atom. The van der Waals surface area contributed by atoms with E-state index in [0.29, 0.717) is 19.5 Å². The molecule has 2 unspecified atom stereocenters. The molecule has 3 N–H and O–H groups in total. The summed E-state index contributed by atoms with van der Waals surface area (Å²) in [7, 11) is 1.60. The number of carbonyl (C=O) groups excluding carboxylic acids is 1. The van der Waals surface area contributed by atoms with Gasteiger partial charge in [0, 0.05) is 26.6 Å². The monoisotopic (exact) mass is 302 g/mol. The molecule has 0 heterocycles. The van der Waals surface area contributed by atoms with Crippen LogP contribution in [0.3, 0.4) is 0 Å². The first kappa shape index (κ1) is 19.7. The average molecular weight is 302 g/mol. The van der Waals surface area contributed by atoms with Crippen LogP contribution in [-0.4, -0.2) is 43.4 Å². The summed E-state index contributed by atoms with van der Waals surface area (Å²) in [5.41, 5.74) is 0.0260. The van der Waals surface area contributed by atoms with Gasteiger partial charge in [-0.3, -0.25) is 4.79 Å². The van der Waals surface area contributed by atoms with Crippen molar-refractivity contribution in [2.75, 3.05) is 20.2 Å². The SMILES string of the molecule is COC(C)CNC(=O)NCCC(CCC(=O)O)C(C)(C)C. The van der Waals surface area contributed by atoms with Gasteiger partial charge in [-0.2, -0.15) is 0 Å². The zero-order valence-corrected chi connectivity index (χ0v) is 13.9. The van der Waals surface area contributed by atoms with Crippen LogP contribution < -0.4 is 10.6 Å². The molecule has 0 fully saturated rings. The van der Waals surface area contributed by atoms with Crippen LogP contribution in [0.2, 0.25) is 0 Å². The Labute approximate surface area is 127 Å². The lowest BCUT2D eigenvalue weighted by Crippen LogP contribution is -2.40. The van der Waals surface area contributed by atoms with Crippen LogP contribution in [-0.2, 0) is 9.53 Å². The number of methoxy groups -OCH3 is 1. The summed E-state index contributed by atoms with van der Waals surface area (Å²) in [5.74, 6) is -0.518. The molecule has 2 amide bonds. The van der Waals surface area contributed by atoms with Gasteiger partial charge in [0.25, 0.3) is 0 Å². The molecule has 0 saturated heterocycles. The third-order valence-corrected chi connectivity index (χ3v) is 3.66. The van der Waals surface area contributed by atoms with E-state index >= 15 is 0 Å². The van der Waals surface area contributed by atoms with E-state index in [1.807, 2.05) is 6.92 Å². The molecule has 0 aliphatic heterocycles. The van der Waals surface area contributed by atoms with E-state index in [4.69, 9.17) is 9.84 Å². The minimum Gasteiger partial charge on any atom is -0.481 e. The first-order valence-corrected chi connectivity index (χ1v) is 7.43. The standard InChI is InChI=1S/C15H30N2O4/c1-11(21-5)10-17-14(20)16-9-8-12(15(2,3)4)6-7-13(18)19/h11-12H,6-10H2,1-5H3,(H,18,19)(H2,16,17,20). The van der Waals surface area contributed by atoms with Crippen LogP contribution in [0.4, 0.5) is 4.79 Å². The highest BCUT2D eigenvalue weighted by atomic mass is 16.5. The van der Waals surface area contributed by atoms with Gasteiger partial charge in [-0.15, -0.1) is 0 Å². The van der Waals surface area contributed by atoms with Crippen molar-refractivity contribution in [2.45, 2.75) is 53.1 Å². The van der Waals surface area contributed by atoms with Gasteiger partial charge in [0.1, 0.15) is 0 Å². The molecule has 0 spiro atoms. The third kappa shape index (κ3) is 10.1. The zero-order valence-electron chi connectivity index (χ0n) is 13.9. The van der Waals surface area contributed by atoms with Crippen LogP contribution in [0.25, 0.3) is 0 Å². The Morgan fingerprint density at radius 2 is 1.81 bits per heavy atom. The number of aliphatic carboxylic acids is 1. The van der Waals surface area contributed by atoms with E-state index in [0.717, 1.165) is 6.42 Å². The van der Waals surface area contributed by atoms with Crippen molar-refractivity contribution in [1.82, 2.24) is 10.6 Å². The Morgan fingerprint density at radius 1 is 1.19 bits per heavy atom. The van der Waals surface area contributed by atoms with Crippen molar-refractivity contribution >= 4 is 12.0 Å². The Hall–Kier alpha value is -1.30. The molecule has 0 aromatic rings. The van der Waals surface area contributed by atoms with Gasteiger partial charge < -0.3 is 20.5 Å². The highest BCUT2D eigenvalue weighted by Crippen LogP contribution is 2.32. The molecule has 0 aliphatic rings. The molecule has 0 aromatic heterocycles. The van der Waals surface area contributed by atoms with Gasteiger partial charge in [0.05, 0.1) is 6.10 Å². The molecule has 6 heteroatoms. The minimum absolute atomic E-state index is 0.0198. The molecule has 21 heavy (non-hydrogen) atoms. The fourth-order valence-electron chi connectivity index (χ4n) is 2.05. The summed E-state index contributed by atoms with van der Waals surface area (Å²) in [6, 6.07) is -0.218. The minimum atomic E-state index is -0.775. The lowest BCUT2D eigenvalue weighted by molar-refractivity contribution is -0.137. The van der Waals surface area contributed by atoms with Gasteiger partial charge in [0.2, 0.25) is 0 Å². The van der Waals surface area contributed by atoms with Crippen LogP contribution in [0.15, 0.2) is 0 Å². The Balaban J connectivity index is 4.07. The van der Waals surface area contributed by atoms with E-state index < -0.39 is 5.97 Å². The van der Waals surface area contributed by atoms with E-state index in [9.17, 15) is 9.59 Å². The van der Waals surface area contributed by atoms with Crippen molar-refractivity contribution in [3.63, 3.8) is 0 Å². The number of amides is 2. The highest BCUT2D eigenvalue weighted by molar-refractivity contribution is 5.73. The number of carboxylic acid groups (broad SMARTS) is 1. The maximum atomic E-state index is 11.6. The molecule has 0 saturated carbocycles. The Kier molecular flexibility index (Phi) is 9.01. The molecular weight excluding hydrogens is 272 g/mol. The van der Waals surface area contributed by atoms with Gasteiger partial charge in [-0.05, 0) is 31.1 Å². The van der Waals surface area contributed by atoms with Gasteiger partial charge in [0.15, 0.2) is 0 Å². The Bertz CT molecular complexity index is 326. The summed E-state index contributed by atoms with van der Waals surface area (Å²) in [6.07, 6.45) is 1.54. The lowest BCUT2D eigenvalue weighted by atomic mass is 9.76. The van der Waals surface area contributed by atoms with E-state index in [2.05, 4.69) is 31.4 Å². The topological polar surface area (TPSA) is 87.7 Å². The second-order valence-electron chi connectivity index (χ2n) is 6.47. The largest absolute Gasteiger partial charge is 0.481 e. The van der Waals surface area contributed by atoms with Crippen molar-refractivity contribution < 1.29 is 19.4 Å². The van der Waals surface area contributed by atoms with E-state index in [1.54, 1.807) is 7.11 Å². The summed E-state index contributed by atoms with van der Waals surface area (Å²) in [6.45, 7) is 9.17. The van der Waals surface area contributed by atoms with Crippen LogP contribution >= 0.6 is 0 Å². The maximum Gasteiger partial charge on any atom is 0.314 e. The number of urea groups is 1. The third-order valence-electron chi connectivity index (χ3n) is 3.66. The average Bonchev–Trinajstić information content (AvgIpc) is 2.37. The molecule has 0 aliphatic carbocycles. The molecular formula is C15H30N2O4. The number of ether oxygens (including phenoxy) is 1. The predicted octanol–water partition coefficient (Wildman–Crippen LogP) is 2.24. The number of rotatable bonds is 9. The maximum absolute atomic E-state index is 11.6. The molecule has 2 atom stereocenters. The van der Waals surface area contributed by atoms with Gasteiger partial charge in [-0.25, -0.2) is 4.79 Å². The summed E-state index contributed by atoms with van der Waals surface area (Å²) in [5, 5.41) is 14.3. The van der Waals surface area contributed by atoms with Crippen molar-refractivity contribution in [1.29, 1.82) is 0 Å². The van der Waals surface area contributed by atoms with Crippen LogP contribution in [0.1, 0.15) is 47.0 Å². The summed E-state index contributed by atoms with van der Waals surface area (Å²) < 4.78 is 5.04. The van der Waals surface area contributed by atoms with E-state index in [-0.39, 0.29) is 29.9 Å². The second kappa shape index (κ2) is 9.60. The van der Waals surface area contributed by atoms with Crippen molar-refractivity contribution in [2.24, 2.45) is 11.3 Å². The molecule has 124 valence electrons. The first-order chi connectivity index (χ1) is 9.66. The molecule has 0 bridgehead atoms. The summed E-state index contributed by atoms with van der Waals surface area (Å²) >= 11 is 0. The fraction of sp³-hybridized carbons (Fsp3) is 0.867. The van der Waals surface area contributed by atoms with Crippen molar-refractivity contribution in [3.8, 4) is 0 Å². The fourth-order valence-corrected chi connectivity index (χ4v) is 2.05. The lowest BCUT2D eigenvalue weighted by Gasteiger charge is -2.30. The normalized spacial score (nSPS) is 14.3. The second-order valence-corrected chi connectivity index (χ2v) is 6.47. The quantitative estimate of drug-likeness (QED) is 0.609. The number of carboxylic acids is 1. The number of hydrogen-bond acceptors (Lipinski definition) is 3. The first-order valence-electron chi connectivity index (χ1n) is 7.43. The van der Waals surface area contributed by atoms with Crippen LogP contribution in [0, 0.1) is 11.3 Å². The van der Waals surface area contributed by atoms with Gasteiger partial charge in [-0.1, -0.05) is 20.8 Å². The zero-order chi connectivity index (χ0) is 16.5. The van der Waals surface area contributed by atoms with E-state index in [1.165, 1.54) is 0 Å². The molecule has 6 nitrogen and oxygen atoms in total. The van der Waals surface area contributed by atoms with Gasteiger partial charge >= 0.3 is 12.0 Å². The number of hydrogen-bond donors (Lipinski definition) is 3. The predicted molar refractivity (Wildman–Crippen MR) is 82.3 cm³/mol. The smallest absolute Gasteiger partial charge is 0.314 e. The number of nitrogens with one attached hydrogen (secondary N) is 2. The van der Waals surface area contributed by atoms with Crippen LogP contribution in [0.5, 0.6) is 0 Å². The summed E-state index contributed by atoms with van der Waals surface area (Å²) in [4.78, 5) is 22.3. The number of carbonyl (C=O) groups is 2.